The van der Waals surface area contributed by atoms with Crippen LogP contribution < -0.4 is 0 Å². The highest BCUT2D eigenvalue weighted by molar-refractivity contribution is 5.04. The molecule has 1 radical (unpaired) electrons. The highest BCUT2D eigenvalue weighted by Crippen LogP contribution is 1.73. The standard InChI is InChI=1S/C6H9O/c1-3-4-5-6(2)7/h6-7H,2-3H2,1H3. The van der Waals surface area contributed by atoms with Crippen molar-refractivity contribution >= 4 is 0 Å². The second kappa shape index (κ2) is 3.70. The lowest BCUT2D eigenvalue weighted by Crippen LogP contribution is -1.92. The monoisotopic (exact) mass is 97.1 g/mol. The predicted octanol–water partition coefficient (Wildman–Crippen LogP) is 0.595. The van der Waals surface area contributed by atoms with Crippen molar-refractivity contribution in [2.45, 2.75) is 19.4 Å². The Hall–Kier alpha value is -0.480. The first-order chi connectivity index (χ1) is 3.27. The van der Waals surface area contributed by atoms with E-state index in [1.165, 1.54) is 0 Å². The summed E-state index contributed by atoms with van der Waals surface area (Å²) in [6.07, 6.45) is 0.0759. The maximum absolute atomic E-state index is 8.40. The molecule has 1 N–H and O–H groups in total. The topological polar surface area (TPSA) is 20.2 Å². The Morgan fingerprint density at radius 2 is 2.43 bits per heavy atom. The Kier molecular flexibility index (Phi) is 3.45. The fourth-order valence-electron chi connectivity index (χ4n) is 0.220. The number of hydrogen-bond donors (Lipinski definition) is 1. The first kappa shape index (κ1) is 6.52. The largest absolute Gasteiger partial charge is 0.380 e. The molecule has 0 aliphatic carbocycles. The van der Waals surface area contributed by atoms with E-state index in [-0.39, 0.29) is 0 Å². The highest BCUT2D eigenvalue weighted by atomic mass is 16.3. The van der Waals surface area contributed by atoms with Crippen LogP contribution in [0.4, 0.5) is 0 Å². The maximum Gasteiger partial charge on any atom is 0.114 e. The van der Waals surface area contributed by atoms with E-state index in [4.69, 9.17) is 5.11 Å². The average molecular weight is 97.1 g/mol. The molecule has 0 aliphatic rings. The van der Waals surface area contributed by atoms with Gasteiger partial charge >= 0.3 is 0 Å². The molecule has 0 aromatic heterocycles. The molecule has 0 bridgehead atoms. The van der Waals surface area contributed by atoms with E-state index in [1.54, 1.807) is 0 Å². The van der Waals surface area contributed by atoms with Gasteiger partial charge in [0.05, 0.1) is 0 Å². The summed E-state index contributed by atoms with van der Waals surface area (Å²) in [5.41, 5.74) is 0. The minimum Gasteiger partial charge on any atom is -0.380 e. The summed E-state index contributed by atoms with van der Waals surface area (Å²) >= 11 is 0. The summed E-state index contributed by atoms with van der Waals surface area (Å²) in [5.74, 6) is 5.17. The van der Waals surface area contributed by atoms with Crippen LogP contribution in [0, 0.1) is 18.8 Å². The minimum absolute atomic E-state index is 0.708. The van der Waals surface area contributed by atoms with Crippen molar-refractivity contribution < 1.29 is 5.11 Å². The van der Waals surface area contributed by atoms with Crippen molar-refractivity contribution in [1.82, 2.24) is 0 Å². The molecule has 0 spiro atoms. The van der Waals surface area contributed by atoms with Crippen molar-refractivity contribution in [2.75, 3.05) is 0 Å². The number of aliphatic hydroxyl groups excluding tert-OH is 1. The molecule has 0 aromatic rings. The van der Waals surface area contributed by atoms with Crippen molar-refractivity contribution in [3.8, 4) is 11.8 Å². The molecule has 1 atom stereocenters. The molecule has 0 amide bonds. The van der Waals surface area contributed by atoms with Crippen LogP contribution in [0.25, 0.3) is 0 Å². The summed E-state index contributed by atoms with van der Waals surface area (Å²) in [5, 5.41) is 8.40. The Labute approximate surface area is 44.4 Å². The van der Waals surface area contributed by atoms with Crippen LogP contribution in [0.3, 0.4) is 0 Å². The third-order valence-electron chi connectivity index (χ3n) is 0.445. The molecule has 0 aliphatic heterocycles. The van der Waals surface area contributed by atoms with E-state index < -0.39 is 6.10 Å². The molecule has 0 saturated carbocycles. The van der Waals surface area contributed by atoms with Crippen molar-refractivity contribution in [2.24, 2.45) is 0 Å². The fourth-order valence-corrected chi connectivity index (χ4v) is 0.220. The molecule has 0 heterocycles. The van der Waals surface area contributed by atoms with E-state index in [1.807, 2.05) is 6.92 Å². The van der Waals surface area contributed by atoms with Gasteiger partial charge in [0, 0.05) is 6.42 Å². The molecule has 7 heavy (non-hydrogen) atoms. The Bertz CT molecular complexity index is 84.1. The van der Waals surface area contributed by atoms with E-state index in [0.29, 0.717) is 0 Å². The van der Waals surface area contributed by atoms with E-state index in [0.717, 1.165) is 6.42 Å². The lowest BCUT2D eigenvalue weighted by atomic mass is 10.4. The molecule has 0 aromatic carbocycles. The predicted molar refractivity (Wildman–Crippen MR) is 29.4 cm³/mol. The Balaban J connectivity index is 3.24. The van der Waals surface area contributed by atoms with Crippen LogP contribution in [-0.4, -0.2) is 11.2 Å². The molecule has 1 heteroatoms. The van der Waals surface area contributed by atoms with Gasteiger partial charge < -0.3 is 5.11 Å². The van der Waals surface area contributed by atoms with Crippen LogP contribution in [0.2, 0.25) is 0 Å². The summed E-state index contributed by atoms with van der Waals surface area (Å²) in [7, 11) is 0. The van der Waals surface area contributed by atoms with Gasteiger partial charge in [0.15, 0.2) is 0 Å². The van der Waals surface area contributed by atoms with Gasteiger partial charge in [0.1, 0.15) is 6.10 Å². The molecular formula is C6H9O. The zero-order valence-corrected chi connectivity index (χ0v) is 4.44. The zero-order valence-electron chi connectivity index (χ0n) is 4.44. The first-order valence-electron chi connectivity index (χ1n) is 2.27. The van der Waals surface area contributed by atoms with Gasteiger partial charge in [-0.2, -0.15) is 0 Å². The third-order valence-corrected chi connectivity index (χ3v) is 0.445. The molecular weight excluding hydrogens is 88.1 g/mol. The number of rotatable bonds is 0. The van der Waals surface area contributed by atoms with Gasteiger partial charge in [-0.15, -0.1) is 5.92 Å². The summed E-state index contributed by atoms with van der Waals surface area (Å²) in [6, 6.07) is 0. The Morgan fingerprint density at radius 3 is 2.57 bits per heavy atom. The van der Waals surface area contributed by atoms with E-state index >= 15 is 0 Å². The second-order valence-corrected chi connectivity index (χ2v) is 1.19. The van der Waals surface area contributed by atoms with Gasteiger partial charge in [-0.25, -0.2) is 0 Å². The normalized spacial score (nSPS) is 11.9. The minimum atomic E-state index is -0.708. The zero-order chi connectivity index (χ0) is 5.70. The SMILES string of the molecule is [CH2]C(O)C#CCC. The van der Waals surface area contributed by atoms with E-state index in [9.17, 15) is 0 Å². The summed E-state index contributed by atoms with van der Waals surface area (Å²) in [4.78, 5) is 0. The average Bonchev–Trinajstić information content (AvgIpc) is 1.61. The van der Waals surface area contributed by atoms with Crippen LogP contribution in [0.15, 0.2) is 0 Å². The number of hydrogen-bond acceptors (Lipinski definition) is 1. The Morgan fingerprint density at radius 1 is 1.86 bits per heavy atom. The van der Waals surface area contributed by atoms with Crippen LogP contribution in [-0.2, 0) is 0 Å². The van der Waals surface area contributed by atoms with Crippen LogP contribution >= 0.6 is 0 Å². The van der Waals surface area contributed by atoms with Gasteiger partial charge in [-0.05, 0) is 6.92 Å². The van der Waals surface area contributed by atoms with Gasteiger partial charge in [0.25, 0.3) is 0 Å². The molecule has 1 unspecified atom stereocenters. The molecule has 0 rings (SSSR count). The smallest absolute Gasteiger partial charge is 0.114 e. The van der Waals surface area contributed by atoms with E-state index in [2.05, 4.69) is 18.8 Å². The van der Waals surface area contributed by atoms with Crippen LogP contribution in [0.5, 0.6) is 0 Å². The molecule has 0 fully saturated rings. The lowest BCUT2D eigenvalue weighted by molar-refractivity contribution is 0.278. The molecule has 39 valence electrons. The highest BCUT2D eigenvalue weighted by Gasteiger charge is 1.78. The van der Waals surface area contributed by atoms with Crippen molar-refractivity contribution in [1.29, 1.82) is 0 Å². The molecule has 0 saturated heterocycles. The van der Waals surface area contributed by atoms with Gasteiger partial charge in [-0.3, -0.25) is 0 Å². The first-order valence-corrected chi connectivity index (χ1v) is 2.27. The third kappa shape index (κ3) is 5.52. The van der Waals surface area contributed by atoms with Crippen molar-refractivity contribution in [3.05, 3.63) is 6.92 Å². The van der Waals surface area contributed by atoms with Gasteiger partial charge in [-0.1, -0.05) is 12.8 Å². The van der Waals surface area contributed by atoms with Crippen molar-refractivity contribution in [3.63, 3.8) is 0 Å². The quantitative estimate of drug-likeness (QED) is 0.439. The number of aliphatic hydroxyl groups is 1. The van der Waals surface area contributed by atoms with Gasteiger partial charge in [0.2, 0.25) is 0 Å². The molecule has 1 nitrogen and oxygen atoms in total. The maximum atomic E-state index is 8.40. The summed E-state index contributed by atoms with van der Waals surface area (Å²) < 4.78 is 0. The second-order valence-electron chi connectivity index (χ2n) is 1.19. The summed E-state index contributed by atoms with van der Waals surface area (Å²) in [6.45, 7) is 5.18. The van der Waals surface area contributed by atoms with Crippen LogP contribution in [0.1, 0.15) is 13.3 Å². The lowest BCUT2D eigenvalue weighted by Gasteiger charge is -1.83. The fraction of sp³-hybridized carbons (Fsp3) is 0.500.